The molecule has 0 radical (unpaired) electrons. The second kappa shape index (κ2) is 4.19. The maximum Gasteiger partial charge on any atom is 0.228 e. The van der Waals surface area contributed by atoms with E-state index in [2.05, 4.69) is 5.92 Å². The van der Waals surface area contributed by atoms with Crippen molar-refractivity contribution < 1.29 is 4.79 Å². The molecule has 0 aromatic heterocycles. The van der Waals surface area contributed by atoms with Gasteiger partial charge in [-0.25, -0.2) is 0 Å². The lowest BCUT2D eigenvalue weighted by Gasteiger charge is -2.18. The predicted molar refractivity (Wildman–Crippen MR) is 64.9 cm³/mol. The molecule has 0 saturated carbocycles. The standard InChI is InChI=1S/C13H11N3O/c1-2-9-6-13(17)16(8-9)12-5-10(7-14)3-4-11(12)15/h1,3-5,9H,6,8,15H2. The van der Waals surface area contributed by atoms with Gasteiger partial charge in [0.25, 0.3) is 0 Å². The van der Waals surface area contributed by atoms with Crippen LogP contribution in [0.5, 0.6) is 0 Å². The molecule has 1 aliphatic rings. The molecule has 1 aromatic rings. The molecule has 1 fully saturated rings. The van der Waals surface area contributed by atoms with Gasteiger partial charge in [-0.2, -0.15) is 5.26 Å². The van der Waals surface area contributed by atoms with Crippen LogP contribution in [0.1, 0.15) is 12.0 Å². The van der Waals surface area contributed by atoms with E-state index < -0.39 is 0 Å². The summed E-state index contributed by atoms with van der Waals surface area (Å²) >= 11 is 0. The van der Waals surface area contributed by atoms with Gasteiger partial charge in [0.05, 0.1) is 23.0 Å². The monoisotopic (exact) mass is 225 g/mol. The fraction of sp³-hybridized carbons (Fsp3) is 0.231. The third-order valence-corrected chi connectivity index (χ3v) is 2.81. The normalized spacial score (nSPS) is 18.8. The topological polar surface area (TPSA) is 70.1 Å². The van der Waals surface area contributed by atoms with Crippen molar-refractivity contribution in [2.24, 2.45) is 5.92 Å². The number of benzene rings is 1. The molecular weight excluding hydrogens is 214 g/mol. The first-order chi connectivity index (χ1) is 8.15. The molecule has 0 spiro atoms. The first-order valence-electron chi connectivity index (χ1n) is 5.22. The molecule has 1 aromatic carbocycles. The third kappa shape index (κ3) is 1.93. The molecule has 1 heterocycles. The van der Waals surface area contributed by atoms with E-state index in [1.807, 2.05) is 6.07 Å². The van der Waals surface area contributed by atoms with E-state index in [0.29, 0.717) is 29.9 Å². The van der Waals surface area contributed by atoms with E-state index >= 15 is 0 Å². The second-order valence-corrected chi connectivity index (χ2v) is 3.96. The zero-order valence-electron chi connectivity index (χ0n) is 9.18. The highest BCUT2D eigenvalue weighted by atomic mass is 16.2. The van der Waals surface area contributed by atoms with Gasteiger partial charge >= 0.3 is 0 Å². The molecule has 1 aliphatic heterocycles. The number of hydrogen-bond donors (Lipinski definition) is 1. The van der Waals surface area contributed by atoms with E-state index in [1.165, 1.54) is 0 Å². The zero-order valence-corrected chi connectivity index (χ0v) is 9.18. The fourth-order valence-electron chi connectivity index (χ4n) is 1.90. The summed E-state index contributed by atoms with van der Waals surface area (Å²) in [4.78, 5) is 13.3. The Hall–Kier alpha value is -2.46. The number of nitrogen functional groups attached to an aromatic ring is 1. The molecule has 1 saturated heterocycles. The lowest BCUT2D eigenvalue weighted by molar-refractivity contribution is -0.117. The average Bonchev–Trinajstić information content (AvgIpc) is 2.71. The van der Waals surface area contributed by atoms with Crippen molar-refractivity contribution >= 4 is 17.3 Å². The van der Waals surface area contributed by atoms with E-state index in [-0.39, 0.29) is 11.8 Å². The number of terminal acetylenes is 1. The number of amides is 1. The fourth-order valence-corrected chi connectivity index (χ4v) is 1.90. The molecule has 17 heavy (non-hydrogen) atoms. The number of nitriles is 1. The first-order valence-corrected chi connectivity index (χ1v) is 5.22. The minimum absolute atomic E-state index is 0.0465. The Morgan fingerprint density at radius 2 is 2.29 bits per heavy atom. The van der Waals surface area contributed by atoms with E-state index in [0.717, 1.165) is 0 Å². The molecule has 1 amide bonds. The molecular formula is C13H11N3O. The lowest BCUT2D eigenvalue weighted by atomic mass is 10.1. The Bertz CT molecular complexity index is 551. The van der Waals surface area contributed by atoms with Crippen LogP contribution in [0, 0.1) is 29.6 Å². The summed E-state index contributed by atoms with van der Waals surface area (Å²) in [6, 6.07) is 6.89. The number of carbonyl (C=O) groups is 1. The Morgan fingerprint density at radius 1 is 1.53 bits per heavy atom. The molecule has 4 nitrogen and oxygen atoms in total. The van der Waals surface area contributed by atoms with Crippen LogP contribution in [0.2, 0.25) is 0 Å². The van der Waals surface area contributed by atoms with Gasteiger partial charge in [0.1, 0.15) is 0 Å². The number of nitrogens with zero attached hydrogens (tertiary/aromatic N) is 2. The average molecular weight is 225 g/mol. The van der Waals surface area contributed by atoms with E-state index in [9.17, 15) is 4.79 Å². The van der Waals surface area contributed by atoms with Crippen molar-refractivity contribution in [3.8, 4) is 18.4 Å². The molecule has 4 heteroatoms. The van der Waals surface area contributed by atoms with Gasteiger partial charge in [-0.05, 0) is 18.2 Å². The summed E-state index contributed by atoms with van der Waals surface area (Å²) in [5.41, 5.74) is 7.35. The summed E-state index contributed by atoms with van der Waals surface area (Å²) in [5, 5.41) is 8.83. The lowest BCUT2D eigenvalue weighted by Crippen LogP contribution is -2.25. The number of anilines is 2. The molecule has 1 unspecified atom stereocenters. The number of nitrogens with two attached hydrogens (primary N) is 1. The van der Waals surface area contributed by atoms with Gasteiger partial charge in [0, 0.05) is 18.9 Å². The Labute approximate surface area is 99.6 Å². The minimum Gasteiger partial charge on any atom is -0.397 e. The number of carbonyl (C=O) groups excluding carboxylic acids is 1. The Morgan fingerprint density at radius 3 is 2.88 bits per heavy atom. The SMILES string of the molecule is C#CC1CC(=O)N(c2cc(C#N)ccc2N)C1. The maximum absolute atomic E-state index is 11.8. The van der Waals surface area contributed by atoms with Crippen molar-refractivity contribution in [2.75, 3.05) is 17.2 Å². The zero-order chi connectivity index (χ0) is 12.4. The highest BCUT2D eigenvalue weighted by Gasteiger charge is 2.30. The van der Waals surface area contributed by atoms with Crippen molar-refractivity contribution in [1.82, 2.24) is 0 Å². The highest BCUT2D eigenvalue weighted by Crippen LogP contribution is 2.30. The summed E-state index contributed by atoms with van der Waals surface area (Å²) < 4.78 is 0. The van der Waals surface area contributed by atoms with Gasteiger partial charge in [-0.3, -0.25) is 4.79 Å². The van der Waals surface area contributed by atoms with Crippen LogP contribution in [0.3, 0.4) is 0 Å². The quantitative estimate of drug-likeness (QED) is 0.575. The van der Waals surface area contributed by atoms with Crippen LogP contribution in [0.15, 0.2) is 18.2 Å². The van der Waals surface area contributed by atoms with Crippen molar-refractivity contribution in [2.45, 2.75) is 6.42 Å². The summed E-state index contributed by atoms with van der Waals surface area (Å²) in [7, 11) is 0. The van der Waals surface area contributed by atoms with Gasteiger partial charge in [-0.1, -0.05) is 0 Å². The first kappa shape index (κ1) is 11.0. The van der Waals surface area contributed by atoms with Crippen LogP contribution in [-0.4, -0.2) is 12.5 Å². The summed E-state index contributed by atoms with van der Waals surface area (Å²) in [5.74, 6) is 2.45. The van der Waals surface area contributed by atoms with Crippen molar-refractivity contribution in [3.63, 3.8) is 0 Å². The van der Waals surface area contributed by atoms with E-state index in [1.54, 1.807) is 23.1 Å². The van der Waals surface area contributed by atoms with Crippen molar-refractivity contribution in [3.05, 3.63) is 23.8 Å². The number of hydrogen-bond acceptors (Lipinski definition) is 3. The van der Waals surface area contributed by atoms with Crippen LogP contribution in [-0.2, 0) is 4.79 Å². The van der Waals surface area contributed by atoms with Crippen LogP contribution in [0.25, 0.3) is 0 Å². The molecule has 0 aliphatic carbocycles. The van der Waals surface area contributed by atoms with Gasteiger partial charge in [-0.15, -0.1) is 12.3 Å². The largest absolute Gasteiger partial charge is 0.397 e. The maximum atomic E-state index is 11.8. The predicted octanol–water partition coefficient (Wildman–Crippen LogP) is 1.13. The van der Waals surface area contributed by atoms with Crippen LogP contribution >= 0.6 is 0 Å². The highest BCUT2D eigenvalue weighted by molar-refractivity contribution is 5.99. The van der Waals surface area contributed by atoms with Crippen molar-refractivity contribution in [1.29, 1.82) is 5.26 Å². The van der Waals surface area contributed by atoms with Gasteiger partial charge in [0.2, 0.25) is 5.91 Å². The molecule has 2 rings (SSSR count). The number of rotatable bonds is 1. The third-order valence-electron chi connectivity index (χ3n) is 2.81. The van der Waals surface area contributed by atoms with E-state index in [4.69, 9.17) is 17.4 Å². The van der Waals surface area contributed by atoms with Gasteiger partial charge < -0.3 is 10.6 Å². The summed E-state index contributed by atoms with van der Waals surface area (Å²) in [6.07, 6.45) is 5.66. The van der Waals surface area contributed by atoms with Crippen LogP contribution < -0.4 is 10.6 Å². The van der Waals surface area contributed by atoms with Gasteiger partial charge in [0.15, 0.2) is 0 Å². The summed E-state index contributed by atoms with van der Waals surface area (Å²) in [6.45, 7) is 0.467. The minimum atomic E-state index is -0.0763. The van der Waals surface area contributed by atoms with Crippen LogP contribution in [0.4, 0.5) is 11.4 Å². The Kier molecular flexibility index (Phi) is 2.72. The molecule has 2 N–H and O–H groups in total. The molecule has 84 valence electrons. The Balaban J connectivity index is 2.39. The molecule has 0 bridgehead atoms. The smallest absolute Gasteiger partial charge is 0.228 e. The molecule has 1 atom stereocenters. The second-order valence-electron chi connectivity index (χ2n) is 3.96.